The van der Waals surface area contributed by atoms with Crippen LogP contribution in [0.4, 0.5) is 13.2 Å². The van der Waals surface area contributed by atoms with Gasteiger partial charge in [0.2, 0.25) is 5.84 Å². The first kappa shape index (κ1) is 9.82. The zero-order valence-corrected chi connectivity index (χ0v) is 6.68. The van der Waals surface area contributed by atoms with Crippen molar-refractivity contribution in [3.8, 4) is 0 Å². The first-order valence-electron chi connectivity index (χ1n) is 3.41. The van der Waals surface area contributed by atoms with Gasteiger partial charge in [-0.2, -0.15) is 13.2 Å². The number of halogens is 3. The third-order valence-corrected chi connectivity index (χ3v) is 1.50. The number of rotatable bonds is 1. The zero-order valence-electron chi connectivity index (χ0n) is 6.68. The highest BCUT2D eigenvalue weighted by molar-refractivity contribution is 5.94. The SMILES string of the molecule is COC(=O)C1CN=C(C(F)(F)F)N1. The monoisotopic (exact) mass is 196 g/mol. The lowest BCUT2D eigenvalue weighted by atomic mass is 10.3. The van der Waals surface area contributed by atoms with Crippen molar-refractivity contribution < 1.29 is 22.7 Å². The highest BCUT2D eigenvalue weighted by Crippen LogP contribution is 2.18. The van der Waals surface area contributed by atoms with Crippen LogP contribution in [0.1, 0.15) is 0 Å². The molecule has 4 nitrogen and oxygen atoms in total. The van der Waals surface area contributed by atoms with Crippen molar-refractivity contribution in [2.45, 2.75) is 12.2 Å². The summed E-state index contributed by atoms with van der Waals surface area (Å²) in [7, 11) is 1.11. The van der Waals surface area contributed by atoms with Gasteiger partial charge in [-0.05, 0) is 0 Å². The molecule has 1 unspecified atom stereocenters. The Morgan fingerprint density at radius 1 is 1.69 bits per heavy atom. The van der Waals surface area contributed by atoms with Gasteiger partial charge in [0.25, 0.3) is 0 Å². The summed E-state index contributed by atoms with van der Waals surface area (Å²) < 4.78 is 40.1. The van der Waals surface area contributed by atoms with Gasteiger partial charge in [-0.15, -0.1) is 0 Å². The second kappa shape index (κ2) is 3.23. The van der Waals surface area contributed by atoms with E-state index in [2.05, 4.69) is 9.73 Å². The normalized spacial score (nSPS) is 22.2. The van der Waals surface area contributed by atoms with E-state index in [1.54, 1.807) is 0 Å². The number of aliphatic imine (C=N–C) groups is 1. The Labute approximate surface area is 71.8 Å². The van der Waals surface area contributed by atoms with Crippen LogP contribution in [0.25, 0.3) is 0 Å². The number of ether oxygens (including phenoxy) is 1. The van der Waals surface area contributed by atoms with E-state index in [4.69, 9.17) is 0 Å². The van der Waals surface area contributed by atoms with Crippen molar-refractivity contribution >= 4 is 11.8 Å². The molecule has 0 radical (unpaired) electrons. The molecule has 1 aliphatic rings. The highest BCUT2D eigenvalue weighted by atomic mass is 19.4. The third-order valence-electron chi connectivity index (χ3n) is 1.50. The maximum atomic E-state index is 12.0. The lowest BCUT2D eigenvalue weighted by Crippen LogP contribution is -2.43. The van der Waals surface area contributed by atoms with E-state index >= 15 is 0 Å². The van der Waals surface area contributed by atoms with Crippen molar-refractivity contribution in [3.63, 3.8) is 0 Å². The number of nitrogens with one attached hydrogen (secondary N) is 1. The average Bonchev–Trinajstić information content (AvgIpc) is 2.50. The number of hydrogen-bond donors (Lipinski definition) is 1. The van der Waals surface area contributed by atoms with E-state index in [0.29, 0.717) is 0 Å². The lowest BCUT2D eigenvalue weighted by Gasteiger charge is -2.10. The fourth-order valence-electron chi connectivity index (χ4n) is 0.886. The summed E-state index contributed by atoms with van der Waals surface area (Å²) in [4.78, 5) is 13.9. The fourth-order valence-corrected chi connectivity index (χ4v) is 0.886. The van der Waals surface area contributed by atoms with Gasteiger partial charge in [0.05, 0.1) is 13.7 Å². The smallest absolute Gasteiger partial charge is 0.448 e. The molecule has 0 saturated carbocycles. The number of amidine groups is 1. The topological polar surface area (TPSA) is 50.7 Å². The van der Waals surface area contributed by atoms with Gasteiger partial charge in [-0.25, -0.2) is 4.79 Å². The number of nitrogens with zero attached hydrogens (tertiary/aromatic N) is 1. The molecule has 1 atom stereocenters. The molecule has 0 bridgehead atoms. The molecule has 0 spiro atoms. The fraction of sp³-hybridized carbons (Fsp3) is 0.667. The van der Waals surface area contributed by atoms with Gasteiger partial charge in [0.15, 0.2) is 0 Å². The Kier molecular flexibility index (Phi) is 2.44. The molecule has 1 rings (SSSR count). The van der Waals surface area contributed by atoms with Crippen molar-refractivity contribution in [1.29, 1.82) is 0 Å². The van der Waals surface area contributed by atoms with E-state index in [0.717, 1.165) is 7.11 Å². The Balaban J connectivity index is 2.57. The van der Waals surface area contributed by atoms with Crippen LogP contribution in [0.2, 0.25) is 0 Å². The first-order chi connectivity index (χ1) is 5.95. The number of carbonyl (C=O) groups excluding carboxylic acids is 1. The van der Waals surface area contributed by atoms with E-state index < -0.39 is 24.0 Å². The summed E-state index contributed by atoms with van der Waals surface area (Å²) in [5, 5.41) is 1.93. The van der Waals surface area contributed by atoms with Gasteiger partial charge < -0.3 is 10.1 Å². The van der Waals surface area contributed by atoms with Gasteiger partial charge in [0.1, 0.15) is 6.04 Å². The lowest BCUT2D eigenvalue weighted by molar-refractivity contribution is -0.142. The Hall–Kier alpha value is -1.27. The maximum Gasteiger partial charge on any atom is 0.448 e. The maximum absolute atomic E-state index is 12.0. The van der Waals surface area contributed by atoms with E-state index in [-0.39, 0.29) is 6.54 Å². The van der Waals surface area contributed by atoms with Crippen LogP contribution in [0.5, 0.6) is 0 Å². The molecule has 1 aliphatic heterocycles. The van der Waals surface area contributed by atoms with E-state index in [9.17, 15) is 18.0 Å². The van der Waals surface area contributed by atoms with Crippen molar-refractivity contribution in [2.24, 2.45) is 4.99 Å². The van der Waals surface area contributed by atoms with Gasteiger partial charge >= 0.3 is 12.1 Å². The molecular weight excluding hydrogens is 189 g/mol. The number of methoxy groups -OCH3 is 1. The molecule has 13 heavy (non-hydrogen) atoms. The molecule has 0 amide bonds. The summed E-state index contributed by atoms with van der Waals surface area (Å²) in [6, 6.07) is -1.01. The summed E-state index contributed by atoms with van der Waals surface area (Å²) in [6.07, 6.45) is -4.53. The minimum atomic E-state index is -4.53. The molecule has 1 heterocycles. The van der Waals surface area contributed by atoms with Crippen LogP contribution >= 0.6 is 0 Å². The van der Waals surface area contributed by atoms with Crippen molar-refractivity contribution in [3.05, 3.63) is 0 Å². The van der Waals surface area contributed by atoms with E-state index in [1.807, 2.05) is 5.32 Å². The van der Waals surface area contributed by atoms with E-state index in [1.165, 1.54) is 0 Å². The Bertz CT molecular complexity index is 249. The minimum Gasteiger partial charge on any atom is -0.467 e. The zero-order chi connectivity index (χ0) is 10.1. The number of carbonyl (C=O) groups is 1. The molecule has 1 N–H and O–H groups in total. The molecule has 0 aliphatic carbocycles. The number of hydrogen-bond acceptors (Lipinski definition) is 4. The molecule has 0 aromatic heterocycles. The molecule has 7 heteroatoms. The summed E-state index contributed by atoms with van der Waals surface area (Å²) >= 11 is 0. The van der Waals surface area contributed by atoms with Gasteiger partial charge in [-0.1, -0.05) is 0 Å². The average molecular weight is 196 g/mol. The molecule has 74 valence electrons. The van der Waals surface area contributed by atoms with Crippen molar-refractivity contribution in [2.75, 3.05) is 13.7 Å². The second-order valence-electron chi connectivity index (χ2n) is 2.41. The molecule has 0 aromatic rings. The predicted octanol–water partition coefficient (Wildman–Crippen LogP) is 0.0920. The van der Waals surface area contributed by atoms with Crippen LogP contribution in [0.3, 0.4) is 0 Å². The van der Waals surface area contributed by atoms with Gasteiger partial charge in [0, 0.05) is 0 Å². The molecular formula is C6H7F3N2O2. The van der Waals surface area contributed by atoms with Gasteiger partial charge in [-0.3, -0.25) is 4.99 Å². The Morgan fingerprint density at radius 2 is 2.31 bits per heavy atom. The number of alkyl halides is 3. The summed E-state index contributed by atoms with van der Waals surface area (Å²) in [5.74, 6) is -1.87. The van der Waals surface area contributed by atoms with Crippen LogP contribution in [0.15, 0.2) is 4.99 Å². The van der Waals surface area contributed by atoms with Crippen LogP contribution in [-0.4, -0.2) is 37.7 Å². The summed E-state index contributed by atoms with van der Waals surface area (Å²) in [6.45, 7) is -0.235. The predicted molar refractivity (Wildman–Crippen MR) is 37.3 cm³/mol. The standard InChI is InChI=1S/C6H7F3N2O2/c1-13-4(12)3-2-10-5(11-3)6(7,8)9/h3H,2H2,1H3,(H,10,11). The molecule has 0 saturated heterocycles. The summed E-state index contributed by atoms with van der Waals surface area (Å²) in [5.41, 5.74) is 0. The second-order valence-corrected chi connectivity index (χ2v) is 2.41. The van der Waals surface area contributed by atoms with Crippen LogP contribution < -0.4 is 5.32 Å². The van der Waals surface area contributed by atoms with Crippen LogP contribution in [-0.2, 0) is 9.53 Å². The molecule has 0 fully saturated rings. The number of esters is 1. The molecule has 0 aromatic carbocycles. The first-order valence-corrected chi connectivity index (χ1v) is 3.41. The minimum absolute atomic E-state index is 0.235. The highest BCUT2D eigenvalue weighted by Gasteiger charge is 2.41. The quantitative estimate of drug-likeness (QED) is 0.605. The largest absolute Gasteiger partial charge is 0.467 e. The van der Waals surface area contributed by atoms with Crippen LogP contribution in [0, 0.1) is 0 Å². The Morgan fingerprint density at radius 3 is 2.69 bits per heavy atom. The van der Waals surface area contributed by atoms with Crippen molar-refractivity contribution in [1.82, 2.24) is 5.32 Å². The third kappa shape index (κ3) is 2.10.